The normalized spacial score (nSPS) is 11.7. The lowest BCUT2D eigenvalue weighted by Gasteiger charge is -2.25. The van der Waals surface area contributed by atoms with E-state index in [-0.39, 0.29) is 0 Å². The SMILES string of the molecule is Bc1c(B)c(B)c(-c2c(B)c(B)c3oc4c(B)c(-c5nc(-c6ccc(-c7ccccc7)cc6)nc(-c6ccc7c(c6)oc6ccccc67)n5)c(B)c(B)c4c3c2B)c(B)c1B. The molecule has 0 aliphatic carbocycles. The molecule has 0 fully saturated rings. The van der Waals surface area contributed by atoms with E-state index in [9.17, 15) is 0 Å². The van der Waals surface area contributed by atoms with Crippen LogP contribution >= 0.6 is 0 Å². The molecule has 0 aliphatic heterocycles. The summed E-state index contributed by atoms with van der Waals surface area (Å²) in [5.74, 6) is 1.79. The van der Waals surface area contributed by atoms with Crippen LogP contribution in [0.4, 0.5) is 0 Å². The second-order valence-corrected chi connectivity index (χ2v) is 17.1. The topological polar surface area (TPSA) is 65.0 Å². The molecule has 61 heavy (non-hydrogen) atoms. The number of rotatable bonds is 5. The van der Waals surface area contributed by atoms with E-state index in [2.05, 4.69) is 159 Å². The third kappa shape index (κ3) is 5.96. The van der Waals surface area contributed by atoms with Gasteiger partial charge in [-0.25, -0.2) is 15.0 Å². The number of fused-ring (bicyclic) bond motifs is 6. The summed E-state index contributed by atoms with van der Waals surface area (Å²) in [5.41, 5.74) is 24.9. The number of benzene rings is 7. The minimum absolute atomic E-state index is 0.581. The van der Waals surface area contributed by atoms with Crippen molar-refractivity contribution < 1.29 is 8.83 Å². The van der Waals surface area contributed by atoms with E-state index in [1.807, 2.05) is 24.3 Å². The van der Waals surface area contributed by atoms with Gasteiger partial charge in [-0.3, -0.25) is 0 Å². The van der Waals surface area contributed by atoms with Crippen LogP contribution < -0.4 is 60.1 Å². The Hall–Kier alpha value is -6.14. The molecule has 0 saturated heterocycles. The molecular formula is C45H38B11N3O2. The summed E-state index contributed by atoms with van der Waals surface area (Å²) in [6.07, 6.45) is 0. The Morgan fingerprint density at radius 3 is 1.49 bits per heavy atom. The second-order valence-electron chi connectivity index (χ2n) is 17.1. The van der Waals surface area contributed by atoms with Crippen LogP contribution in [0.3, 0.4) is 0 Å². The molecule has 10 rings (SSSR count). The Labute approximate surface area is 365 Å². The van der Waals surface area contributed by atoms with E-state index in [0.29, 0.717) is 17.5 Å². The van der Waals surface area contributed by atoms with Crippen molar-refractivity contribution in [3.05, 3.63) is 97.1 Å². The van der Waals surface area contributed by atoms with Crippen molar-refractivity contribution in [3.63, 3.8) is 0 Å². The van der Waals surface area contributed by atoms with Crippen molar-refractivity contribution in [3.8, 4) is 56.4 Å². The number of hydrogen-bond donors (Lipinski definition) is 0. The van der Waals surface area contributed by atoms with E-state index in [1.54, 1.807) is 0 Å². The van der Waals surface area contributed by atoms with Crippen molar-refractivity contribution in [1.29, 1.82) is 0 Å². The van der Waals surface area contributed by atoms with Crippen molar-refractivity contribution in [2.75, 3.05) is 0 Å². The van der Waals surface area contributed by atoms with Crippen LogP contribution in [0.2, 0.25) is 0 Å². The first-order chi connectivity index (χ1) is 29.3. The maximum absolute atomic E-state index is 7.07. The minimum atomic E-state index is 0.581. The molecule has 0 amide bonds. The Kier molecular flexibility index (Phi) is 9.28. The number of hydrogen-bond acceptors (Lipinski definition) is 5. The highest BCUT2D eigenvalue weighted by atomic mass is 16.3. The highest BCUT2D eigenvalue weighted by Gasteiger charge is 2.27. The highest BCUT2D eigenvalue weighted by Crippen LogP contribution is 2.33. The van der Waals surface area contributed by atoms with E-state index in [0.717, 1.165) is 82.7 Å². The molecule has 0 atom stereocenters. The summed E-state index contributed by atoms with van der Waals surface area (Å²) in [7, 11) is 24.7. The zero-order valence-electron chi connectivity index (χ0n) is 36.9. The average molecular weight is 772 g/mol. The van der Waals surface area contributed by atoms with Gasteiger partial charge in [-0.1, -0.05) is 117 Å². The quantitative estimate of drug-likeness (QED) is 0.163. The maximum Gasteiger partial charge on any atom is 0.164 e. The Bertz CT molecular complexity index is 3470. The van der Waals surface area contributed by atoms with Crippen molar-refractivity contribution in [2.24, 2.45) is 0 Å². The highest BCUT2D eigenvalue weighted by molar-refractivity contribution is 6.71. The lowest BCUT2D eigenvalue weighted by molar-refractivity contribution is 0.669. The fourth-order valence-corrected chi connectivity index (χ4v) is 9.85. The smallest absolute Gasteiger partial charge is 0.164 e. The third-order valence-electron chi connectivity index (χ3n) is 14.0. The monoisotopic (exact) mass is 773 g/mol. The fraction of sp³-hybridized carbons (Fsp3) is 0. The summed E-state index contributed by atoms with van der Waals surface area (Å²) in [6, 6.07) is 33.3. The first-order valence-electron chi connectivity index (χ1n) is 21.2. The second kappa shape index (κ2) is 14.5. The van der Waals surface area contributed by atoms with Gasteiger partial charge in [0.1, 0.15) is 109 Å². The zero-order valence-corrected chi connectivity index (χ0v) is 36.9. The van der Waals surface area contributed by atoms with Gasteiger partial charge in [-0.05, 0) is 45.9 Å². The largest absolute Gasteiger partial charge is 0.457 e. The maximum atomic E-state index is 7.07. The Balaban J connectivity index is 1.21. The van der Waals surface area contributed by atoms with E-state index in [4.69, 9.17) is 23.8 Å². The number of para-hydroxylation sites is 1. The van der Waals surface area contributed by atoms with Crippen molar-refractivity contribution >= 4 is 190 Å². The molecule has 0 radical (unpaired) electrons. The van der Waals surface area contributed by atoms with E-state index >= 15 is 0 Å². The van der Waals surface area contributed by atoms with Gasteiger partial charge in [0, 0.05) is 38.2 Å². The van der Waals surface area contributed by atoms with Crippen LogP contribution in [0, 0.1) is 0 Å². The van der Waals surface area contributed by atoms with Gasteiger partial charge in [0.2, 0.25) is 0 Å². The van der Waals surface area contributed by atoms with E-state index < -0.39 is 0 Å². The van der Waals surface area contributed by atoms with Crippen LogP contribution in [0.5, 0.6) is 0 Å². The fourth-order valence-electron chi connectivity index (χ4n) is 9.85. The lowest BCUT2D eigenvalue weighted by atomic mass is 9.57. The van der Waals surface area contributed by atoms with Gasteiger partial charge in [-0.15, -0.1) is 16.4 Å². The summed E-state index contributed by atoms with van der Waals surface area (Å²) in [6.45, 7) is 0. The molecule has 5 nitrogen and oxygen atoms in total. The summed E-state index contributed by atoms with van der Waals surface area (Å²) >= 11 is 0. The molecule has 10 aromatic rings. The molecular weight excluding hydrogens is 733 g/mol. The molecule has 16 heteroatoms. The molecule has 0 saturated carbocycles. The van der Waals surface area contributed by atoms with Crippen molar-refractivity contribution in [2.45, 2.75) is 0 Å². The zero-order chi connectivity index (χ0) is 42.6. The Morgan fingerprint density at radius 2 is 0.787 bits per heavy atom. The van der Waals surface area contributed by atoms with Crippen LogP contribution in [0.25, 0.3) is 100 Å². The predicted octanol–water partition coefficient (Wildman–Crippen LogP) is -7.15. The summed E-state index contributed by atoms with van der Waals surface area (Å²) in [4.78, 5) is 15.7. The summed E-state index contributed by atoms with van der Waals surface area (Å²) < 4.78 is 13.4. The molecule has 0 bridgehead atoms. The minimum Gasteiger partial charge on any atom is -0.457 e. The van der Waals surface area contributed by atoms with Gasteiger partial charge in [-0.2, -0.15) is 0 Å². The Morgan fingerprint density at radius 1 is 0.311 bits per heavy atom. The average Bonchev–Trinajstić information content (AvgIpc) is 3.87. The molecule has 3 aromatic heterocycles. The third-order valence-corrected chi connectivity index (χ3v) is 14.0. The molecule has 0 spiro atoms. The predicted molar refractivity (Wildman–Crippen MR) is 292 cm³/mol. The van der Waals surface area contributed by atoms with Gasteiger partial charge in [0.05, 0.1) is 0 Å². The lowest BCUT2D eigenvalue weighted by Crippen LogP contribution is -2.56. The molecule has 0 unspecified atom stereocenters. The van der Waals surface area contributed by atoms with E-state index in [1.165, 1.54) is 60.2 Å². The summed E-state index contributed by atoms with van der Waals surface area (Å²) in [5, 5.41) is 4.49. The van der Waals surface area contributed by atoms with Crippen LogP contribution in [0.15, 0.2) is 106 Å². The molecule has 0 N–H and O–H groups in total. The molecule has 0 aliphatic rings. The van der Waals surface area contributed by atoms with Crippen LogP contribution in [-0.4, -0.2) is 101 Å². The van der Waals surface area contributed by atoms with Crippen LogP contribution in [-0.2, 0) is 0 Å². The molecule has 7 aromatic carbocycles. The first kappa shape index (κ1) is 39.0. The number of nitrogens with zero attached hydrogens (tertiary/aromatic N) is 3. The van der Waals surface area contributed by atoms with Gasteiger partial charge >= 0.3 is 0 Å². The first-order valence-corrected chi connectivity index (χ1v) is 21.2. The van der Waals surface area contributed by atoms with Crippen molar-refractivity contribution in [1.82, 2.24) is 15.0 Å². The molecule has 3 heterocycles. The van der Waals surface area contributed by atoms with Crippen LogP contribution in [0.1, 0.15) is 0 Å². The van der Waals surface area contributed by atoms with Gasteiger partial charge in [0.15, 0.2) is 17.5 Å². The van der Waals surface area contributed by atoms with Gasteiger partial charge < -0.3 is 8.83 Å². The van der Waals surface area contributed by atoms with Gasteiger partial charge in [0.25, 0.3) is 0 Å². The standard InChI is InChI=1S/C45H38B11N3O2/c46-30-25(26-31(47)37(53)39(55)38(54)32(26)48)33(49)40(56)42-27(30)28-34(50)35(51)29(36(52)41(28)61-42)45-58-43(19-12-10-18(11-13-19)17-6-2-1-3-7-17)57-44(59-45)20-14-15-22-21-8-4-5-9-23(21)60-24(22)16-20/h1-16H,46-56H2. The number of furan rings is 2. The number of aromatic nitrogens is 3. The molecule has 278 valence electrons.